The van der Waals surface area contributed by atoms with E-state index in [4.69, 9.17) is 4.74 Å². The molecule has 2 nitrogen and oxygen atoms in total. The summed E-state index contributed by atoms with van der Waals surface area (Å²) in [6.07, 6.45) is 4.92. The minimum atomic E-state index is 0.275. The molecule has 0 aliphatic rings. The molecule has 1 atom stereocenters. The molecule has 224 valence electrons. The van der Waals surface area contributed by atoms with Crippen LogP contribution in [0, 0.1) is 20.8 Å². The molecule has 1 N–H and O–H groups in total. The molecule has 3 rings (SSSR count). The number of hydrogen-bond acceptors (Lipinski definition) is 2. The van der Waals surface area contributed by atoms with Crippen molar-refractivity contribution < 1.29 is 4.74 Å². The molecule has 1 unspecified atom stereocenters. The Balaban J connectivity index is 0. The molecule has 0 saturated heterocycles. The van der Waals surface area contributed by atoms with Crippen molar-refractivity contribution in [3.05, 3.63) is 102 Å². The average molecular weight is 548 g/mol. The fourth-order valence-corrected chi connectivity index (χ4v) is 3.68. The first-order chi connectivity index (χ1) is 19.3. The second kappa shape index (κ2) is 25.1. The lowest BCUT2D eigenvalue weighted by Gasteiger charge is -2.19. The summed E-state index contributed by atoms with van der Waals surface area (Å²) in [5.41, 5.74) is 9.09. The molecule has 0 bridgehead atoms. The van der Waals surface area contributed by atoms with Gasteiger partial charge in [0.05, 0.1) is 6.61 Å². The highest BCUT2D eigenvalue weighted by Gasteiger charge is 2.11. The van der Waals surface area contributed by atoms with Gasteiger partial charge in [-0.25, -0.2) is 0 Å². The van der Waals surface area contributed by atoms with Crippen LogP contribution in [0.2, 0.25) is 0 Å². The number of nitrogens with one attached hydrogen (secondary N) is 1. The number of unbranched alkanes of at least 4 members (excludes halogenated alkanes) is 1. The lowest BCUT2D eigenvalue weighted by Crippen LogP contribution is -2.19. The van der Waals surface area contributed by atoms with E-state index in [1.807, 2.05) is 13.8 Å². The molecule has 0 saturated carbocycles. The van der Waals surface area contributed by atoms with Crippen molar-refractivity contribution in [2.75, 3.05) is 6.61 Å². The normalized spacial score (nSPS) is 10.2. The standard InChI is InChI=1S/C27H33NO.C4H10.C3H8.C2H6.C2H4/c1-6-14-29-26-12-13-27(21(4)16-26)22(5)28-18-25-17-24(11-10-20(25)3)23-9-7-8-19(2)15-23;1-3-4-2;1-3-2;2*1-2/h7-13,15-17,22,28H,6,14,18H2,1-5H3;3-4H2,1-2H3;3H2,1-2H3;1-2H3;1-2H2. The highest BCUT2D eigenvalue weighted by molar-refractivity contribution is 5.65. The average Bonchev–Trinajstić information content (AvgIpc) is 2.98. The maximum Gasteiger partial charge on any atom is 0.119 e. The third-order valence-corrected chi connectivity index (χ3v) is 5.98. The van der Waals surface area contributed by atoms with Crippen molar-refractivity contribution in [3.8, 4) is 16.9 Å². The molecule has 0 radical (unpaired) electrons. The molecule has 40 heavy (non-hydrogen) atoms. The zero-order valence-electron chi connectivity index (χ0n) is 27.9. The molecule has 0 amide bonds. The van der Waals surface area contributed by atoms with Gasteiger partial charge < -0.3 is 10.1 Å². The van der Waals surface area contributed by atoms with Crippen molar-refractivity contribution in [2.45, 2.75) is 114 Å². The number of hydrogen-bond donors (Lipinski definition) is 1. The van der Waals surface area contributed by atoms with Crippen LogP contribution >= 0.6 is 0 Å². The summed E-state index contributed by atoms with van der Waals surface area (Å²) < 4.78 is 5.76. The Morgan fingerprint density at radius 3 is 1.85 bits per heavy atom. The Morgan fingerprint density at radius 2 is 1.32 bits per heavy atom. The third-order valence-electron chi connectivity index (χ3n) is 5.98. The van der Waals surface area contributed by atoms with E-state index in [9.17, 15) is 0 Å². The first-order valence-corrected chi connectivity index (χ1v) is 15.4. The van der Waals surface area contributed by atoms with Crippen molar-refractivity contribution in [1.29, 1.82) is 0 Å². The number of ether oxygens (including phenoxy) is 1. The monoisotopic (exact) mass is 547 g/mol. The lowest BCUT2D eigenvalue weighted by molar-refractivity contribution is 0.317. The molecule has 3 aromatic rings. The summed E-state index contributed by atoms with van der Waals surface area (Å²) in [5.74, 6) is 0.960. The van der Waals surface area contributed by atoms with Gasteiger partial charge in [-0.1, -0.05) is 116 Å². The van der Waals surface area contributed by atoms with Gasteiger partial charge in [0.1, 0.15) is 5.75 Å². The highest BCUT2D eigenvalue weighted by Crippen LogP contribution is 2.26. The summed E-state index contributed by atoms with van der Waals surface area (Å²) in [6.45, 7) is 31.1. The van der Waals surface area contributed by atoms with Gasteiger partial charge in [0.25, 0.3) is 0 Å². The van der Waals surface area contributed by atoms with Crippen molar-refractivity contribution >= 4 is 0 Å². The predicted molar refractivity (Wildman–Crippen MR) is 183 cm³/mol. The second-order valence-corrected chi connectivity index (χ2v) is 9.69. The fraction of sp³-hybridized carbons (Fsp3) is 0.474. The van der Waals surface area contributed by atoms with Gasteiger partial charge in [0, 0.05) is 12.6 Å². The Kier molecular flexibility index (Phi) is 24.7. The largest absolute Gasteiger partial charge is 0.494 e. The smallest absolute Gasteiger partial charge is 0.119 e. The van der Waals surface area contributed by atoms with Crippen molar-refractivity contribution in [1.82, 2.24) is 5.32 Å². The van der Waals surface area contributed by atoms with Crippen LogP contribution in [0.4, 0.5) is 0 Å². The van der Waals surface area contributed by atoms with E-state index in [1.165, 1.54) is 58.2 Å². The van der Waals surface area contributed by atoms with Gasteiger partial charge in [0.2, 0.25) is 0 Å². The van der Waals surface area contributed by atoms with E-state index < -0.39 is 0 Å². The molecule has 3 aromatic carbocycles. The first-order valence-electron chi connectivity index (χ1n) is 15.4. The first kappa shape index (κ1) is 39.3. The van der Waals surface area contributed by atoms with E-state index in [0.29, 0.717) is 0 Å². The van der Waals surface area contributed by atoms with Crippen molar-refractivity contribution in [3.63, 3.8) is 0 Å². The third kappa shape index (κ3) is 15.7. The van der Waals surface area contributed by atoms with E-state index in [0.717, 1.165) is 25.3 Å². The summed E-state index contributed by atoms with van der Waals surface area (Å²) >= 11 is 0. The number of rotatable bonds is 9. The maximum atomic E-state index is 5.76. The summed E-state index contributed by atoms with van der Waals surface area (Å²) in [4.78, 5) is 0. The van der Waals surface area contributed by atoms with Crippen LogP contribution < -0.4 is 10.1 Å². The molecule has 0 aromatic heterocycles. The van der Waals surface area contributed by atoms with E-state index in [2.05, 4.69) is 141 Å². The second-order valence-electron chi connectivity index (χ2n) is 9.69. The predicted octanol–water partition coefficient (Wildman–Crippen LogP) is 12.0. The number of aryl methyl sites for hydroxylation is 3. The van der Waals surface area contributed by atoms with Gasteiger partial charge in [0.15, 0.2) is 0 Å². The Morgan fingerprint density at radius 1 is 0.725 bits per heavy atom. The minimum Gasteiger partial charge on any atom is -0.494 e. The van der Waals surface area contributed by atoms with E-state index in [-0.39, 0.29) is 6.04 Å². The Labute approximate surface area is 249 Å². The number of benzene rings is 3. The highest BCUT2D eigenvalue weighted by atomic mass is 16.5. The SMILES string of the molecule is C=C.CC.CCC.CCCC.CCCOc1ccc(C(C)NCc2cc(-c3cccc(C)c3)ccc2C)c(C)c1. The van der Waals surface area contributed by atoms with Crippen LogP contribution in [0.5, 0.6) is 5.75 Å². The van der Waals surface area contributed by atoms with Crippen LogP contribution in [-0.2, 0) is 6.54 Å². The van der Waals surface area contributed by atoms with Crippen molar-refractivity contribution in [2.24, 2.45) is 0 Å². The van der Waals surface area contributed by atoms with Crippen LogP contribution in [-0.4, -0.2) is 6.61 Å². The summed E-state index contributed by atoms with van der Waals surface area (Å²) in [5, 5.41) is 3.71. The maximum absolute atomic E-state index is 5.76. The van der Waals surface area contributed by atoms with Crippen LogP contribution in [0.15, 0.2) is 73.8 Å². The lowest BCUT2D eigenvalue weighted by atomic mass is 9.98. The van der Waals surface area contributed by atoms with Gasteiger partial charge >= 0.3 is 0 Å². The quantitative estimate of drug-likeness (QED) is 0.269. The molecule has 0 aliphatic carbocycles. The van der Waals surface area contributed by atoms with Gasteiger partial charge in [-0.2, -0.15) is 0 Å². The van der Waals surface area contributed by atoms with Crippen LogP contribution in [0.3, 0.4) is 0 Å². The van der Waals surface area contributed by atoms with Crippen LogP contribution in [0.1, 0.15) is 115 Å². The zero-order chi connectivity index (χ0) is 30.9. The summed E-state index contributed by atoms with van der Waals surface area (Å²) in [6, 6.07) is 22.2. The Hall–Kier alpha value is -2.84. The minimum absolute atomic E-state index is 0.275. The van der Waals surface area contributed by atoms with Gasteiger partial charge in [-0.15, -0.1) is 13.2 Å². The van der Waals surface area contributed by atoms with Crippen LogP contribution in [0.25, 0.3) is 11.1 Å². The molecule has 0 fully saturated rings. The zero-order valence-corrected chi connectivity index (χ0v) is 27.9. The molecule has 0 heterocycles. The van der Waals surface area contributed by atoms with E-state index in [1.54, 1.807) is 0 Å². The van der Waals surface area contributed by atoms with E-state index >= 15 is 0 Å². The summed E-state index contributed by atoms with van der Waals surface area (Å²) in [7, 11) is 0. The molecular weight excluding hydrogens is 486 g/mol. The molecule has 2 heteroatoms. The topological polar surface area (TPSA) is 21.3 Å². The van der Waals surface area contributed by atoms with Gasteiger partial charge in [-0.05, 0) is 85.7 Å². The Bertz CT molecular complexity index is 1020. The fourth-order valence-electron chi connectivity index (χ4n) is 3.68. The molecule has 0 aliphatic heterocycles. The molecular formula is C38H61NO. The van der Waals surface area contributed by atoms with Gasteiger partial charge in [-0.3, -0.25) is 0 Å². The molecule has 0 spiro atoms.